The molecule has 3 N–H and O–H groups in total. The fourth-order valence-electron chi connectivity index (χ4n) is 4.69. The fourth-order valence-corrected chi connectivity index (χ4v) is 4.69. The molecule has 0 fully saturated rings. The number of hydrogen-bond donors (Lipinski definition) is 2. The first-order chi connectivity index (χ1) is 16.5. The number of carbonyl (C=O) groups is 2. The number of hydrogen-bond acceptors (Lipinski definition) is 5. The molecule has 1 atom stereocenters. The van der Waals surface area contributed by atoms with Gasteiger partial charge in [-0.3, -0.25) is 19.5 Å². The predicted octanol–water partition coefficient (Wildman–Crippen LogP) is 4.44. The summed E-state index contributed by atoms with van der Waals surface area (Å²) in [7, 11) is 1.55. The number of methoxy groups -OCH3 is 1. The van der Waals surface area contributed by atoms with Gasteiger partial charge in [-0.15, -0.1) is 0 Å². The Labute approximate surface area is 194 Å². The minimum absolute atomic E-state index is 0.129. The summed E-state index contributed by atoms with van der Waals surface area (Å²) in [4.78, 5) is 36.9. The van der Waals surface area contributed by atoms with Crippen molar-refractivity contribution in [1.29, 1.82) is 0 Å². The first-order valence-corrected chi connectivity index (χ1v) is 10.8. The van der Waals surface area contributed by atoms with Crippen molar-refractivity contribution in [3.8, 4) is 5.75 Å². The van der Waals surface area contributed by atoms with Gasteiger partial charge >= 0.3 is 0 Å². The van der Waals surface area contributed by atoms with Crippen LogP contribution in [0.2, 0.25) is 0 Å². The second-order valence-corrected chi connectivity index (χ2v) is 8.28. The van der Waals surface area contributed by atoms with E-state index in [0.717, 1.165) is 21.8 Å². The summed E-state index contributed by atoms with van der Waals surface area (Å²) in [6.45, 7) is 0. The van der Waals surface area contributed by atoms with E-state index < -0.39 is 17.2 Å². The zero-order valence-corrected chi connectivity index (χ0v) is 18.3. The number of nitrogens with one attached hydrogen (secondary N) is 1. The van der Waals surface area contributed by atoms with E-state index in [2.05, 4.69) is 9.97 Å². The van der Waals surface area contributed by atoms with Crippen molar-refractivity contribution >= 4 is 44.9 Å². The van der Waals surface area contributed by atoms with Crippen LogP contribution in [-0.2, 0) is 10.3 Å². The smallest absolute Gasteiger partial charge is 0.264 e. The third kappa shape index (κ3) is 2.71. The van der Waals surface area contributed by atoms with Gasteiger partial charge in [-0.25, -0.2) is 0 Å². The standard InChI is InChI=1S/C27H20N4O3/c1-34-17-11-12-20-24(13-17)31(16-7-3-2-4-8-16)26(33)27(20,28)25(32)22-14-19-18-9-5-6-10-21(18)30-23(19)15-29-22/h2-15,30H,28H2,1H3. The molecule has 0 spiro atoms. The van der Waals surface area contributed by atoms with Crippen LogP contribution >= 0.6 is 0 Å². The van der Waals surface area contributed by atoms with Crippen molar-refractivity contribution in [2.75, 3.05) is 12.0 Å². The summed E-state index contributed by atoms with van der Waals surface area (Å²) < 4.78 is 5.37. The molecule has 6 rings (SSSR count). The molecule has 0 saturated heterocycles. The molecule has 1 aliphatic heterocycles. The van der Waals surface area contributed by atoms with Gasteiger partial charge in [-0.2, -0.15) is 0 Å². The van der Waals surface area contributed by atoms with E-state index in [4.69, 9.17) is 10.5 Å². The average molecular weight is 448 g/mol. The maximum atomic E-state index is 13.9. The van der Waals surface area contributed by atoms with Gasteiger partial charge in [-0.1, -0.05) is 42.5 Å². The first-order valence-electron chi connectivity index (χ1n) is 10.8. The molecular formula is C27H20N4O3. The van der Waals surface area contributed by atoms with Crippen LogP contribution < -0.4 is 15.4 Å². The largest absolute Gasteiger partial charge is 0.497 e. The highest BCUT2D eigenvalue weighted by Crippen LogP contribution is 2.46. The van der Waals surface area contributed by atoms with Gasteiger partial charge in [0, 0.05) is 33.6 Å². The van der Waals surface area contributed by atoms with Crippen LogP contribution in [0, 0.1) is 0 Å². The molecule has 5 aromatic rings. The minimum Gasteiger partial charge on any atom is -0.497 e. The van der Waals surface area contributed by atoms with E-state index in [1.807, 2.05) is 42.5 Å². The molecule has 166 valence electrons. The summed E-state index contributed by atoms with van der Waals surface area (Å²) in [6, 6.07) is 23.7. The number of aromatic amines is 1. The lowest BCUT2D eigenvalue weighted by Gasteiger charge is -2.23. The normalized spacial score (nSPS) is 17.4. The number of rotatable bonds is 4. The van der Waals surface area contributed by atoms with E-state index in [0.29, 0.717) is 22.7 Å². The Morgan fingerprint density at radius 3 is 2.53 bits per heavy atom. The lowest BCUT2D eigenvalue weighted by molar-refractivity contribution is -0.120. The summed E-state index contributed by atoms with van der Waals surface area (Å²) in [5.74, 6) is -0.537. The number of nitrogens with two attached hydrogens (primary N) is 1. The predicted molar refractivity (Wildman–Crippen MR) is 130 cm³/mol. The van der Waals surface area contributed by atoms with Crippen LogP contribution in [0.3, 0.4) is 0 Å². The maximum absolute atomic E-state index is 13.9. The van der Waals surface area contributed by atoms with Crippen LogP contribution in [0.15, 0.2) is 85.1 Å². The molecule has 1 amide bonds. The summed E-state index contributed by atoms with van der Waals surface area (Å²) >= 11 is 0. The fraction of sp³-hybridized carbons (Fsp3) is 0.0741. The highest BCUT2D eigenvalue weighted by atomic mass is 16.5. The van der Waals surface area contributed by atoms with E-state index in [-0.39, 0.29) is 5.69 Å². The third-order valence-corrected chi connectivity index (χ3v) is 6.41. The maximum Gasteiger partial charge on any atom is 0.264 e. The van der Waals surface area contributed by atoms with Crippen molar-refractivity contribution in [3.05, 3.63) is 96.3 Å². The van der Waals surface area contributed by atoms with Gasteiger partial charge in [0.1, 0.15) is 11.4 Å². The first kappa shape index (κ1) is 20.1. The second kappa shape index (κ2) is 7.26. The number of pyridine rings is 1. The Balaban J connectivity index is 1.53. The molecule has 3 aromatic carbocycles. The number of anilines is 2. The highest BCUT2D eigenvalue weighted by Gasteiger charge is 2.54. The lowest BCUT2D eigenvalue weighted by Crippen LogP contribution is -2.52. The molecule has 34 heavy (non-hydrogen) atoms. The molecule has 0 bridgehead atoms. The zero-order valence-electron chi connectivity index (χ0n) is 18.3. The Kier molecular flexibility index (Phi) is 4.30. The van der Waals surface area contributed by atoms with Crippen LogP contribution in [-0.4, -0.2) is 28.8 Å². The second-order valence-electron chi connectivity index (χ2n) is 8.28. The topological polar surface area (TPSA) is 101 Å². The Bertz CT molecular complexity index is 1610. The number of H-pyrrole nitrogens is 1. The number of aromatic nitrogens is 2. The number of fused-ring (bicyclic) bond motifs is 4. The SMILES string of the molecule is COc1ccc2c(c1)N(c1ccccc1)C(=O)C2(N)C(=O)c1cc2c(cn1)[nH]c1ccccc12. The molecule has 3 heterocycles. The molecule has 1 aliphatic rings. The molecule has 7 heteroatoms. The number of nitrogens with zero attached hydrogens (tertiary/aromatic N) is 2. The summed E-state index contributed by atoms with van der Waals surface area (Å²) in [6.07, 6.45) is 1.61. The van der Waals surface area contributed by atoms with Gasteiger partial charge in [0.15, 0.2) is 5.54 Å². The summed E-state index contributed by atoms with van der Waals surface area (Å²) in [5, 5.41) is 1.81. The van der Waals surface area contributed by atoms with Crippen molar-refractivity contribution in [2.24, 2.45) is 5.73 Å². The minimum atomic E-state index is -1.93. The van der Waals surface area contributed by atoms with Gasteiger partial charge in [0.25, 0.3) is 5.91 Å². The van der Waals surface area contributed by atoms with Gasteiger partial charge < -0.3 is 15.5 Å². The lowest BCUT2D eigenvalue weighted by atomic mass is 9.86. The molecule has 1 unspecified atom stereocenters. The van der Waals surface area contributed by atoms with Gasteiger partial charge in [0.2, 0.25) is 5.78 Å². The average Bonchev–Trinajstić information content (AvgIpc) is 3.36. The molecule has 0 radical (unpaired) electrons. The zero-order chi connectivity index (χ0) is 23.4. The number of benzene rings is 3. The quantitative estimate of drug-likeness (QED) is 0.313. The van der Waals surface area contributed by atoms with Crippen LogP contribution in [0.1, 0.15) is 16.1 Å². The van der Waals surface area contributed by atoms with E-state index in [1.54, 1.807) is 49.7 Å². The van der Waals surface area contributed by atoms with E-state index in [1.165, 1.54) is 4.90 Å². The number of Topliss-reactive ketones (excluding diaryl/α,β-unsaturated/α-hetero) is 1. The van der Waals surface area contributed by atoms with E-state index in [9.17, 15) is 9.59 Å². The number of para-hydroxylation sites is 2. The van der Waals surface area contributed by atoms with Crippen molar-refractivity contribution < 1.29 is 14.3 Å². The van der Waals surface area contributed by atoms with Gasteiger partial charge in [-0.05, 0) is 30.3 Å². The molecule has 7 nitrogen and oxygen atoms in total. The van der Waals surface area contributed by atoms with Gasteiger partial charge in [0.05, 0.1) is 24.5 Å². The van der Waals surface area contributed by atoms with Crippen LogP contribution in [0.5, 0.6) is 5.75 Å². The molecular weight excluding hydrogens is 428 g/mol. The Morgan fingerprint density at radius 1 is 0.971 bits per heavy atom. The Morgan fingerprint density at radius 2 is 1.74 bits per heavy atom. The monoisotopic (exact) mass is 448 g/mol. The number of ether oxygens (including phenoxy) is 1. The third-order valence-electron chi connectivity index (χ3n) is 6.41. The van der Waals surface area contributed by atoms with E-state index >= 15 is 0 Å². The van der Waals surface area contributed by atoms with Crippen molar-refractivity contribution in [3.63, 3.8) is 0 Å². The molecule has 0 aliphatic carbocycles. The van der Waals surface area contributed by atoms with Crippen molar-refractivity contribution in [2.45, 2.75) is 5.54 Å². The van der Waals surface area contributed by atoms with Crippen LogP contribution in [0.4, 0.5) is 11.4 Å². The summed E-state index contributed by atoms with van der Waals surface area (Å²) in [5.41, 5.74) is 8.20. The van der Waals surface area contributed by atoms with Crippen molar-refractivity contribution in [1.82, 2.24) is 9.97 Å². The number of amides is 1. The number of carbonyl (C=O) groups excluding carboxylic acids is 2. The molecule has 2 aromatic heterocycles. The number of ketones is 1. The highest BCUT2D eigenvalue weighted by molar-refractivity contribution is 6.28. The molecule has 0 saturated carbocycles. The van der Waals surface area contributed by atoms with Crippen LogP contribution in [0.25, 0.3) is 21.8 Å². The Hall–Kier alpha value is -4.49.